The molecule has 0 aromatic carbocycles. The van der Waals surface area contributed by atoms with Crippen molar-refractivity contribution in [3.05, 3.63) is 12.3 Å². The second kappa shape index (κ2) is 3.44. The van der Waals surface area contributed by atoms with E-state index in [1.165, 1.54) is 0 Å². The second-order valence-electron chi connectivity index (χ2n) is 1.08. The number of rotatable bonds is 3. The van der Waals surface area contributed by atoms with Gasteiger partial charge in [0.2, 0.25) is 0 Å². The first-order chi connectivity index (χ1) is 4.06. The Bertz CT molecular complexity index is 178. The Hall–Kier alpha value is -0.590. The summed E-state index contributed by atoms with van der Waals surface area (Å²) in [5, 5.41) is 8.02. The largest absolute Gasteiger partial charge is 0.445 e. The van der Waals surface area contributed by atoms with E-state index in [1.807, 2.05) is 0 Å². The van der Waals surface area contributed by atoms with Crippen molar-refractivity contribution in [1.82, 2.24) is 0 Å². The molecule has 9 heavy (non-hydrogen) atoms. The molecule has 0 radical (unpaired) electrons. The molecule has 0 aromatic heterocycles. The Labute approximate surface area is 52.5 Å². The molecule has 0 aliphatic heterocycles. The molecular weight excluding hydrogens is 148 g/mol. The predicted octanol–water partition coefficient (Wildman–Crippen LogP) is -0.688. The summed E-state index contributed by atoms with van der Waals surface area (Å²) in [6, 6.07) is 0. The first-order valence-electron chi connectivity index (χ1n) is 1.98. The van der Waals surface area contributed by atoms with Crippen LogP contribution in [-0.2, 0) is 14.6 Å². The summed E-state index contributed by atoms with van der Waals surface area (Å²) in [7, 11) is -4.39. The third-order valence-electron chi connectivity index (χ3n) is 0.379. The molecule has 0 rings (SSSR count). The number of aliphatic hydroxyl groups is 1. The maximum atomic E-state index is 9.71. The van der Waals surface area contributed by atoms with E-state index in [4.69, 9.17) is 9.66 Å². The number of aliphatic hydroxyl groups excluding tert-OH is 1. The summed E-state index contributed by atoms with van der Waals surface area (Å²) in [6.45, 7) is -0.338. The predicted molar refractivity (Wildman–Crippen MR) is 28.9 cm³/mol. The molecule has 54 valence electrons. The van der Waals surface area contributed by atoms with E-state index in [0.29, 0.717) is 6.26 Å². The lowest BCUT2D eigenvalue weighted by atomic mass is 10.7. The van der Waals surface area contributed by atoms with Crippen molar-refractivity contribution in [2.24, 2.45) is 0 Å². The molecule has 0 amide bonds. The Balaban J connectivity index is 3.65. The van der Waals surface area contributed by atoms with E-state index in [0.717, 1.165) is 6.08 Å². The maximum absolute atomic E-state index is 9.71. The monoisotopic (exact) mass is 154 g/mol. The fourth-order valence-electron chi connectivity index (χ4n) is 0.153. The van der Waals surface area contributed by atoms with Crippen molar-refractivity contribution in [3.8, 4) is 0 Å². The standard InChI is InChI=1S/C3H6O5S/c4-2-1-3-8-9(5,6)7/h1,3-4H,2H2,(H,5,6,7). The van der Waals surface area contributed by atoms with Crippen LogP contribution in [0.1, 0.15) is 0 Å². The Kier molecular flexibility index (Phi) is 3.21. The average molecular weight is 154 g/mol. The molecule has 0 unspecified atom stereocenters. The zero-order valence-corrected chi connectivity index (χ0v) is 5.21. The molecule has 6 heteroatoms. The summed E-state index contributed by atoms with van der Waals surface area (Å²) in [4.78, 5) is 0. The summed E-state index contributed by atoms with van der Waals surface area (Å²) < 4.78 is 30.9. The molecule has 0 saturated carbocycles. The third-order valence-corrected chi connectivity index (χ3v) is 0.733. The van der Waals surface area contributed by atoms with Gasteiger partial charge in [0, 0.05) is 0 Å². The van der Waals surface area contributed by atoms with Crippen LogP contribution in [0.25, 0.3) is 0 Å². The molecule has 2 N–H and O–H groups in total. The molecule has 0 aliphatic carbocycles. The van der Waals surface area contributed by atoms with Crippen LogP contribution >= 0.6 is 0 Å². The van der Waals surface area contributed by atoms with Crippen molar-refractivity contribution in [3.63, 3.8) is 0 Å². The quantitative estimate of drug-likeness (QED) is 0.415. The van der Waals surface area contributed by atoms with Gasteiger partial charge in [0.25, 0.3) is 0 Å². The summed E-state index contributed by atoms with van der Waals surface area (Å²) in [6.07, 6.45) is 1.70. The lowest BCUT2D eigenvalue weighted by Gasteiger charge is -1.89. The van der Waals surface area contributed by atoms with Crippen LogP contribution in [0.4, 0.5) is 0 Å². The van der Waals surface area contributed by atoms with Gasteiger partial charge in [-0.1, -0.05) is 0 Å². The summed E-state index contributed by atoms with van der Waals surface area (Å²) in [5.41, 5.74) is 0. The minimum atomic E-state index is -4.39. The van der Waals surface area contributed by atoms with Gasteiger partial charge in [0.05, 0.1) is 6.61 Å². The van der Waals surface area contributed by atoms with E-state index in [2.05, 4.69) is 4.18 Å². The van der Waals surface area contributed by atoms with Crippen LogP contribution in [0.5, 0.6) is 0 Å². The van der Waals surface area contributed by atoms with Crippen LogP contribution in [0, 0.1) is 0 Å². The van der Waals surface area contributed by atoms with E-state index in [-0.39, 0.29) is 6.61 Å². The van der Waals surface area contributed by atoms with Crippen LogP contribution in [0.3, 0.4) is 0 Å². The zero-order valence-electron chi connectivity index (χ0n) is 4.39. The topological polar surface area (TPSA) is 83.8 Å². The minimum Gasteiger partial charge on any atom is -0.392 e. The summed E-state index contributed by atoms with van der Waals surface area (Å²) in [5.74, 6) is 0. The molecule has 0 aromatic rings. The van der Waals surface area contributed by atoms with Crippen molar-refractivity contribution in [2.75, 3.05) is 6.61 Å². The van der Waals surface area contributed by atoms with E-state index in [1.54, 1.807) is 0 Å². The van der Waals surface area contributed by atoms with Gasteiger partial charge in [-0.15, -0.1) is 0 Å². The van der Waals surface area contributed by atoms with Gasteiger partial charge in [-0.3, -0.25) is 4.55 Å². The molecule has 0 fully saturated rings. The van der Waals surface area contributed by atoms with Crippen molar-refractivity contribution < 1.29 is 22.3 Å². The smallest absolute Gasteiger partial charge is 0.392 e. The number of hydrogen-bond donors (Lipinski definition) is 2. The third kappa shape index (κ3) is 7.41. The molecule has 0 heterocycles. The lowest BCUT2D eigenvalue weighted by molar-refractivity contribution is 0.330. The van der Waals surface area contributed by atoms with Crippen LogP contribution in [0.2, 0.25) is 0 Å². The Morgan fingerprint density at radius 1 is 1.56 bits per heavy atom. The van der Waals surface area contributed by atoms with Gasteiger partial charge in [-0.2, -0.15) is 8.42 Å². The van der Waals surface area contributed by atoms with Crippen molar-refractivity contribution in [2.45, 2.75) is 0 Å². The number of hydrogen-bond acceptors (Lipinski definition) is 4. The highest BCUT2D eigenvalue weighted by atomic mass is 32.3. The Morgan fingerprint density at radius 3 is 2.44 bits per heavy atom. The van der Waals surface area contributed by atoms with Gasteiger partial charge < -0.3 is 9.29 Å². The first-order valence-corrected chi connectivity index (χ1v) is 3.34. The SMILES string of the molecule is O=S(=O)(O)OC=CCO. The van der Waals surface area contributed by atoms with Crippen LogP contribution in [-0.4, -0.2) is 24.7 Å². The highest BCUT2D eigenvalue weighted by Gasteiger charge is 1.97. The van der Waals surface area contributed by atoms with E-state index >= 15 is 0 Å². The molecule has 0 saturated heterocycles. The van der Waals surface area contributed by atoms with Crippen LogP contribution < -0.4 is 0 Å². The van der Waals surface area contributed by atoms with E-state index in [9.17, 15) is 8.42 Å². The summed E-state index contributed by atoms with van der Waals surface area (Å²) >= 11 is 0. The Morgan fingerprint density at radius 2 is 2.11 bits per heavy atom. The average Bonchev–Trinajstić information content (AvgIpc) is 1.63. The highest BCUT2D eigenvalue weighted by molar-refractivity contribution is 7.81. The van der Waals surface area contributed by atoms with Gasteiger partial charge in [-0.05, 0) is 6.08 Å². The second-order valence-corrected chi connectivity index (χ2v) is 2.13. The fraction of sp³-hybridized carbons (Fsp3) is 0.333. The van der Waals surface area contributed by atoms with E-state index < -0.39 is 10.4 Å². The van der Waals surface area contributed by atoms with Crippen molar-refractivity contribution in [1.29, 1.82) is 0 Å². The molecule has 0 spiro atoms. The van der Waals surface area contributed by atoms with Gasteiger partial charge >= 0.3 is 10.4 Å². The van der Waals surface area contributed by atoms with Crippen LogP contribution in [0.15, 0.2) is 12.3 Å². The van der Waals surface area contributed by atoms with Gasteiger partial charge in [0.15, 0.2) is 0 Å². The molecule has 0 atom stereocenters. The first kappa shape index (κ1) is 8.41. The molecule has 0 aliphatic rings. The minimum absolute atomic E-state index is 0.338. The lowest BCUT2D eigenvalue weighted by Crippen LogP contribution is -1.97. The van der Waals surface area contributed by atoms with Gasteiger partial charge in [0.1, 0.15) is 6.26 Å². The molecule has 5 nitrogen and oxygen atoms in total. The maximum Gasteiger partial charge on any atom is 0.445 e. The van der Waals surface area contributed by atoms with Crippen molar-refractivity contribution >= 4 is 10.4 Å². The highest BCUT2D eigenvalue weighted by Crippen LogP contribution is 1.85. The molecular formula is C3H6O5S. The normalized spacial score (nSPS) is 12.2. The van der Waals surface area contributed by atoms with Gasteiger partial charge in [-0.25, -0.2) is 0 Å². The zero-order chi connectivity index (χ0) is 7.33. The molecule has 0 bridgehead atoms. The fourth-order valence-corrected chi connectivity index (χ4v) is 0.372.